The van der Waals surface area contributed by atoms with E-state index in [0.717, 1.165) is 29.9 Å². The maximum Gasteiger partial charge on any atom is 0.318 e. The molecule has 0 spiro atoms. The maximum atomic E-state index is 16.8. The molecule has 3 aliphatic heterocycles. The van der Waals surface area contributed by atoms with Crippen molar-refractivity contribution in [2.75, 3.05) is 36.6 Å². The first-order valence-corrected chi connectivity index (χ1v) is 17.9. The van der Waals surface area contributed by atoms with Crippen molar-refractivity contribution in [3.8, 4) is 29.0 Å². The Morgan fingerprint density at radius 1 is 1.18 bits per heavy atom. The third-order valence-electron chi connectivity index (χ3n) is 10.2. The number of nitrogen functional groups attached to an aromatic ring is 2. The van der Waals surface area contributed by atoms with Crippen molar-refractivity contribution in [2.45, 2.75) is 70.4 Å². The van der Waals surface area contributed by atoms with Crippen LogP contribution in [0.15, 0.2) is 30.5 Å². The fourth-order valence-corrected chi connectivity index (χ4v) is 8.84. The molecule has 2 fully saturated rings. The van der Waals surface area contributed by atoms with Gasteiger partial charge in [0.25, 0.3) is 0 Å². The number of anilines is 3. The molecular weight excluding hydrogens is 701 g/mol. The maximum absolute atomic E-state index is 16.8. The Hall–Kier alpha value is -4.58. The molecule has 2 saturated heterocycles. The second-order valence-electron chi connectivity index (χ2n) is 13.1. The molecule has 6 heterocycles. The van der Waals surface area contributed by atoms with Crippen LogP contribution < -0.4 is 25.8 Å². The highest BCUT2D eigenvalue weighted by atomic mass is 35.5. The van der Waals surface area contributed by atoms with Gasteiger partial charge in [0.2, 0.25) is 0 Å². The Bertz CT molecular complexity index is 2200. The van der Waals surface area contributed by atoms with E-state index in [-0.39, 0.29) is 71.5 Å². The smallest absolute Gasteiger partial charge is 0.318 e. The van der Waals surface area contributed by atoms with Crippen molar-refractivity contribution in [3.05, 3.63) is 58.2 Å². The van der Waals surface area contributed by atoms with Crippen LogP contribution in [0.4, 0.5) is 29.8 Å². The van der Waals surface area contributed by atoms with Gasteiger partial charge in [0.1, 0.15) is 46.3 Å². The Kier molecular flexibility index (Phi) is 9.24. The molecule has 266 valence electrons. The average Bonchev–Trinajstić information content (AvgIpc) is 3.78. The zero-order chi connectivity index (χ0) is 36.3. The van der Waals surface area contributed by atoms with Crippen LogP contribution in [0.1, 0.15) is 57.2 Å². The van der Waals surface area contributed by atoms with Crippen LogP contribution in [0, 0.1) is 23.0 Å². The molecule has 5 aromatic rings. The van der Waals surface area contributed by atoms with Crippen LogP contribution in [0.5, 0.6) is 11.8 Å². The lowest BCUT2D eigenvalue weighted by Crippen LogP contribution is -2.44. The number of pyridine rings is 1. The molecular formula is C36H36ClF3N8O2S. The highest BCUT2D eigenvalue weighted by molar-refractivity contribution is 7.23. The van der Waals surface area contributed by atoms with Gasteiger partial charge in [0, 0.05) is 35.3 Å². The van der Waals surface area contributed by atoms with E-state index >= 15 is 4.39 Å². The number of hydrogen-bond acceptors (Lipinski definition) is 11. The fraction of sp³-hybridized carbons (Fsp3) is 0.389. The van der Waals surface area contributed by atoms with Crippen LogP contribution in [0.3, 0.4) is 0 Å². The van der Waals surface area contributed by atoms with Crippen LogP contribution in [0.25, 0.3) is 32.1 Å². The summed E-state index contributed by atoms with van der Waals surface area (Å²) in [7, 11) is 1.38. The third-order valence-corrected chi connectivity index (χ3v) is 11.6. The number of alkyl halides is 1. The van der Waals surface area contributed by atoms with E-state index < -0.39 is 23.9 Å². The summed E-state index contributed by atoms with van der Waals surface area (Å²) in [6.07, 6.45) is 3.93. The minimum Gasteiger partial charge on any atom is -0.486 e. The molecule has 2 aromatic carbocycles. The third kappa shape index (κ3) is 5.81. The normalized spacial score (nSPS) is 21.8. The molecule has 3 aromatic heterocycles. The molecule has 0 saturated carbocycles. The predicted molar refractivity (Wildman–Crippen MR) is 194 cm³/mol. The second kappa shape index (κ2) is 13.5. The van der Waals surface area contributed by atoms with Gasteiger partial charge in [-0.1, -0.05) is 23.7 Å². The number of fused-ring (bicyclic) bond motifs is 2. The van der Waals surface area contributed by atoms with E-state index in [1.165, 1.54) is 32.1 Å². The zero-order valence-electron chi connectivity index (χ0n) is 28.4. The first kappa shape index (κ1) is 34.9. The molecule has 0 aliphatic carbocycles. The number of rotatable bonds is 4. The number of nitrogens with zero attached hydrogens (tertiary/aromatic N) is 6. The first-order valence-electron chi connectivity index (χ1n) is 16.7. The molecule has 10 nitrogen and oxygen atoms in total. The standard InChI is InChI=1S/C29H24ClF2N7O2S.C7H12FN/c1-11-13(3)41-24-20-23(37-29(40-4)38-28(20)39(11)12(2)14-6-5-9-36-26(14)34)22(32)19(21(24)30)15-7-8-17(31)25-18(15)16(10-33)27(35)42-25;8-6-4-7-2-1-3-9(7)5-6/h5-9,11-13H,35H2,1-4H3,(H2,34,36);6-7H,1-5H2/t11-,12+,13+;/m0./s1. The largest absolute Gasteiger partial charge is 0.486 e. The summed E-state index contributed by atoms with van der Waals surface area (Å²) < 4.78 is 56.2. The molecule has 5 atom stereocenters. The monoisotopic (exact) mass is 736 g/mol. The highest BCUT2D eigenvalue weighted by Gasteiger charge is 2.39. The summed E-state index contributed by atoms with van der Waals surface area (Å²) in [5, 5.41) is 10.3. The van der Waals surface area contributed by atoms with Crippen LogP contribution in [-0.2, 0) is 0 Å². The Labute approximate surface area is 301 Å². The number of benzene rings is 2. The summed E-state index contributed by atoms with van der Waals surface area (Å²) in [5.41, 5.74) is 13.0. The second-order valence-corrected chi connectivity index (χ2v) is 14.5. The molecule has 51 heavy (non-hydrogen) atoms. The Morgan fingerprint density at radius 2 is 1.96 bits per heavy atom. The lowest BCUT2D eigenvalue weighted by molar-refractivity contribution is 0.193. The van der Waals surface area contributed by atoms with Gasteiger partial charge in [0.05, 0.1) is 39.9 Å². The number of aromatic nitrogens is 3. The summed E-state index contributed by atoms with van der Waals surface area (Å²) >= 11 is 7.91. The summed E-state index contributed by atoms with van der Waals surface area (Å²) in [6.45, 7) is 7.61. The fourth-order valence-electron chi connectivity index (χ4n) is 7.57. The van der Waals surface area contributed by atoms with Crippen LogP contribution >= 0.6 is 22.9 Å². The zero-order valence-corrected chi connectivity index (χ0v) is 30.0. The van der Waals surface area contributed by atoms with Crippen LogP contribution in [0.2, 0.25) is 5.02 Å². The van der Waals surface area contributed by atoms with Crippen molar-refractivity contribution in [1.82, 2.24) is 19.9 Å². The number of hydrogen-bond donors (Lipinski definition) is 2. The SMILES string of the molecule is COc1nc2c3c(c(Cl)c(-c4ccc(F)c5sc(N)c(C#N)c45)c(F)c3n1)O[C@H](C)[C@H](C)N2[C@H](C)c1cccnc1N.FC1CC2CCCN2C1. The van der Waals surface area contributed by atoms with Gasteiger partial charge in [-0.05, 0) is 64.3 Å². The van der Waals surface area contributed by atoms with E-state index in [2.05, 4.69) is 19.9 Å². The Morgan fingerprint density at radius 3 is 2.67 bits per heavy atom. The van der Waals surface area contributed by atoms with Gasteiger partial charge >= 0.3 is 6.01 Å². The number of methoxy groups -OCH3 is 1. The number of ether oxygens (including phenoxy) is 2. The number of nitrogens with two attached hydrogens (primary N) is 2. The van der Waals surface area contributed by atoms with E-state index in [9.17, 15) is 14.0 Å². The van der Waals surface area contributed by atoms with Crippen molar-refractivity contribution in [1.29, 1.82) is 5.26 Å². The van der Waals surface area contributed by atoms with Gasteiger partial charge in [-0.3, -0.25) is 4.90 Å². The van der Waals surface area contributed by atoms with Crippen molar-refractivity contribution in [3.63, 3.8) is 0 Å². The van der Waals surface area contributed by atoms with Gasteiger partial charge < -0.3 is 25.8 Å². The summed E-state index contributed by atoms with van der Waals surface area (Å²) in [5.74, 6) is -0.592. The molecule has 15 heteroatoms. The van der Waals surface area contributed by atoms with E-state index in [1.807, 2.05) is 37.8 Å². The number of thiophene rings is 1. The number of nitriles is 1. The molecule has 3 aliphatic rings. The molecule has 0 radical (unpaired) electrons. The molecule has 8 rings (SSSR count). The van der Waals surface area contributed by atoms with E-state index in [0.29, 0.717) is 24.2 Å². The minimum absolute atomic E-state index is 0.0313. The summed E-state index contributed by atoms with van der Waals surface area (Å²) in [4.78, 5) is 17.5. The lowest BCUT2D eigenvalue weighted by atomic mass is 9.96. The predicted octanol–water partition coefficient (Wildman–Crippen LogP) is 7.81. The van der Waals surface area contributed by atoms with Gasteiger partial charge in [-0.25, -0.2) is 18.2 Å². The van der Waals surface area contributed by atoms with Crippen molar-refractivity contribution < 1.29 is 22.6 Å². The minimum atomic E-state index is -0.818. The van der Waals surface area contributed by atoms with Gasteiger partial charge in [0.15, 0.2) is 11.6 Å². The van der Waals surface area contributed by atoms with Crippen molar-refractivity contribution >= 4 is 60.6 Å². The van der Waals surface area contributed by atoms with E-state index in [4.69, 9.17) is 32.5 Å². The molecule has 0 bridgehead atoms. The Balaban J connectivity index is 0.000000389. The molecule has 2 unspecified atom stereocenters. The summed E-state index contributed by atoms with van der Waals surface area (Å²) in [6, 6.07) is 8.04. The quantitative estimate of drug-likeness (QED) is 0.188. The number of halogens is 4. The average molecular weight is 737 g/mol. The lowest BCUT2D eigenvalue weighted by Gasteiger charge is -2.37. The van der Waals surface area contributed by atoms with E-state index in [1.54, 1.807) is 12.3 Å². The molecule has 0 amide bonds. The first-order chi connectivity index (χ1) is 24.4. The van der Waals surface area contributed by atoms with Gasteiger partial charge in [-0.2, -0.15) is 15.2 Å². The van der Waals surface area contributed by atoms with Gasteiger partial charge in [-0.15, -0.1) is 11.3 Å². The molecule has 4 N–H and O–H groups in total. The topological polar surface area (TPSA) is 139 Å². The highest BCUT2D eigenvalue weighted by Crippen LogP contribution is 2.52. The van der Waals surface area contributed by atoms with Crippen LogP contribution in [-0.4, -0.2) is 64.4 Å². The van der Waals surface area contributed by atoms with Crippen molar-refractivity contribution in [2.24, 2.45) is 0 Å².